The molecule has 0 saturated carbocycles. The quantitative estimate of drug-likeness (QED) is 0.795. The Labute approximate surface area is 163 Å². The monoisotopic (exact) mass is 393 g/mol. The summed E-state index contributed by atoms with van der Waals surface area (Å²) in [4.78, 5) is 26.9. The van der Waals surface area contributed by atoms with E-state index in [2.05, 4.69) is 0 Å². The number of Topliss-reactive ketones (excluding diaryl/α,β-unsaturated/α-hetero) is 1. The van der Waals surface area contributed by atoms with Crippen molar-refractivity contribution < 1.29 is 24.2 Å². The van der Waals surface area contributed by atoms with E-state index in [0.29, 0.717) is 42.9 Å². The van der Waals surface area contributed by atoms with Gasteiger partial charge in [-0.25, -0.2) is 0 Å². The highest BCUT2D eigenvalue weighted by molar-refractivity contribution is 6.27. The second kappa shape index (κ2) is 7.80. The number of aliphatic hydroxyl groups excluding tert-OH is 1. The molecule has 0 bridgehead atoms. The third-order valence-electron chi connectivity index (χ3n) is 5.27. The van der Waals surface area contributed by atoms with Crippen LogP contribution < -0.4 is 9.47 Å². The molecule has 6 nitrogen and oxygen atoms in total. The molecule has 0 spiro atoms. The van der Waals surface area contributed by atoms with Gasteiger partial charge in [0.05, 0.1) is 25.8 Å². The summed E-state index contributed by atoms with van der Waals surface area (Å²) in [6, 6.07) is 3.00. The van der Waals surface area contributed by atoms with E-state index in [9.17, 15) is 14.7 Å². The lowest BCUT2D eigenvalue weighted by Crippen LogP contribution is -2.43. The second-order valence-corrected chi connectivity index (χ2v) is 7.34. The van der Waals surface area contributed by atoms with Crippen LogP contribution in [0.4, 0.5) is 0 Å². The highest BCUT2D eigenvalue weighted by Gasteiger charge is 2.40. The van der Waals surface area contributed by atoms with Crippen molar-refractivity contribution in [3.05, 3.63) is 34.6 Å². The van der Waals surface area contributed by atoms with E-state index in [1.807, 2.05) is 13.0 Å². The minimum Gasteiger partial charge on any atom is -0.512 e. The maximum absolute atomic E-state index is 12.8. The maximum atomic E-state index is 12.8. The predicted octanol–water partition coefficient (Wildman–Crippen LogP) is 3.18. The van der Waals surface area contributed by atoms with Crippen LogP contribution in [-0.2, 0) is 16.0 Å². The third-order valence-corrected chi connectivity index (χ3v) is 5.50. The molecule has 1 heterocycles. The molecule has 146 valence electrons. The Morgan fingerprint density at radius 1 is 1.26 bits per heavy atom. The summed E-state index contributed by atoms with van der Waals surface area (Å²) in [5.74, 6) is 0.649. The summed E-state index contributed by atoms with van der Waals surface area (Å²) in [5, 5.41) is 10.6. The largest absolute Gasteiger partial charge is 0.512 e. The number of benzene rings is 1. The number of nitrogens with zero attached hydrogens (tertiary/aromatic N) is 1. The summed E-state index contributed by atoms with van der Waals surface area (Å²) in [6.07, 6.45) is 1.37. The number of carbonyl (C=O) groups excluding carboxylic acids is 2. The number of carbonyl (C=O) groups is 2. The molecule has 0 aromatic heterocycles. The minimum atomic E-state index is -0.667. The molecular formula is C20H24ClNO5. The Morgan fingerprint density at radius 3 is 2.52 bits per heavy atom. The molecule has 1 aromatic rings. The van der Waals surface area contributed by atoms with Gasteiger partial charge in [0.15, 0.2) is 17.3 Å². The van der Waals surface area contributed by atoms with Gasteiger partial charge in [0, 0.05) is 19.4 Å². The smallest absolute Gasteiger partial charge is 0.238 e. The van der Waals surface area contributed by atoms with Crippen molar-refractivity contribution in [3.63, 3.8) is 0 Å². The Hall–Kier alpha value is -2.21. The minimum absolute atomic E-state index is 0.0544. The average Bonchev–Trinajstić information content (AvgIpc) is 2.65. The Kier molecular flexibility index (Phi) is 5.65. The first-order valence-corrected chi connectivity index (χ1v) is 9.50. The first-order chi connectivity index (χ1) is 12.9. The summed E-state index contributed by atoms with van der Waals surface area (Å²) in [5.41, 5.74) is 2.02. The van der Waals surface area contributed by atoms with Crippen LogP contribution in [0, 0.1) is 5.92 Å². The van der Waals surface area contributed by atoms with Crippen molar-refractivity contribution in [2.45, 2.75) is 32.2 Å². The molecular weight excluding hydrogens is 370 g/mol. The first-order valence-electron chi connectivity index (χ1n) is 8.96. The van der Waals surface area contributed by atoms with Crippen LogP contribution in [0.2, 0.25) is 0 Å². The van der Waals surface area contributed by atoms with Crippen molar-refractivity contribution >= 4 is 23.3 Å². The predicted molar refractivity (Wildman–Crippen MR) is 101 cm³/mol. The average molecular weight is 394 g/mol. The lowest BCUT2D eigenvalue weighted by molar-refractivity contribution is -0.131. The molecule has 1 aliphatic heterocycles. The zero-order chi connectivity index (χ0) is 19.7. The molecule has 0 saturated heterocycles. The molecule has 0 unspecified atom stereocenters. The topological polar surface area (TPSA) is 76.1 Å². The van der Waals surface area contributed by atoms with Gasteiger partial charge in [-0.3, -0.25) is 9.59 Å². The number of alkyl halides is 1. The zero-order valence-corrected chi connectivity index (χ0v) is 16.5. The summed E-state index contributed by atoms with van der Waals surface area (Å²) in [6.45, 7) is 2.34. The molecule has 3 rings (SSSR count). The number of ether oxygens (including phenoxy) is 2. The molecule has 27 heavy (non-hydrogen) atoms. The van der Waals surface area contributed by atoms with Crippen molar-refractivity contribution in [2.75, 3.05) is 26.6 Å². The lowest BCUT2D eigenvalue weighted by Gasteiger charge is -2.40. The lowest BCUT2D eigenvalue weighted by atomic mass is 9.79. The number of aliphatic hydroxyl groups is 1. The van der Waals surface area contributed by atoms with E-state index >= 15 is 0 Å². The number of amides is 1. The summed E-state index contributed by atoms with van der Waals surface area (Å²) in [7, 11) is 3.10. The number of methoxy groups -OCH3 is 2. The molecule has 1 N–H and O–H groups in total. The fourth-order valence-corrected chi connectivity index (χ4v) is 4.17. The van der Waals surface area contributed by atoms with Crippen LogP contribution in [0.5, 0.6) is 11.5 Å². The van der Waals surface area contributed by atoms with E-state index in [1.165, 1.54) is 7.11 Å². The summed E-state index contributed by atoms with van der Waals surface area (Å²) < 4.78 is 10.8. The fraction of sp³-hybridized carbons (Fsp3) is 0.500. The van der Waals surface area contributed by atoms with Gasteiger partial charge in [-0.2, -0.15) is 0 Å². The van der Waals surface area contributed by atoms with E-state index in [0.717, 1.165) is 11.1 Å². The number of ketones is 1. The van der Waals surface area contributed by atoms with Crippen LogP contribution in [0.1, 0.15) is 36.9 Å². The molecule has 7 heteroatoms. The fourth-order valence-electron chi connectivity index (χ4n) is 4.01. The molecule has 0 fully saturated rings. The van der Waals surface area contributed by atoms with Crippen LogP contribution in [-0.4, -0.2) is 48.3 Å². The Bertz CT molecular complexity index is 804. The van der Waals surface area contributed by atoms with Crippen LogP contribution in [0.25, 0.3) is 0 Å². The Balaban J connectivity index is 2.20. The number of hydrogen-bond donors (Lipinski definition) is 1. The molecule has 2 aliphatic rings. The highest BCUT2D eigenvalue weighted by atomic mass is 35.5. The first kappa shape index (κ1) is 19.5. The van der Waals surface area contributed by atoms with Gasteiger partial charge >= 0.3 is 0 Å². The van der Waals surface area contributed by atoms with Crippen LogP contribution in [0.3, 0.4) is 0 Å². The van der Waals surface area contributed by atoms with Gasteiger partial charge in [0.2, 0.25) is 5.91 Å². The van der Waals surface area contributed by atoms with E-state index in [1.54, 1.807) is 18.1 Å². The molecule has 1 amide bonds. The van der Waals surface area contributed by atoms with Crippen molar-refractivity contribution in [2.24, 2.45) is 5.92 Å². The normalized spacial score (nSPS) is 22.5. The number of allylic oxidation sites excluding steroid dienone is 1. The number of fused-ring (bicyclic) bond motifs is 1. The number of halogens is 1. The third kappa shape index (κ3) is 3.50. The standard InChI is InChI=1S/C20H24ClNO5/c1-11-6-14(23)19(15(24)7-11)20-13-9-17(27-3)16(26-2)8-12(13)4-5-22(20)18(25)10-21/h8-9,11,20,23H,4-7,10H2,1-3H3/t11-,20+/m1/s1. The van der Waals surface area contributed by atoms with Crippen molar-refractivity contribution in [1.29, 1.82) is 0 Å². The highest BCUT2D eigenvalue weighted by Crippen LogP contribution is 2.44. The van der Waals surface area contributed by atoms with Gasteiger partial charge in [-0.15, -0.1) is 11.6 Å². The SMILES string of the molecule is COc1cc2c(cc1OC)[C@@H](C1=C(O)C[C@@H](C)CC1=O)N(C(=O)CCl)CC2. The van der Waals surface area contributed by atoms with Gasteiger partial charge < -0.3 is 19.5 Å². The van der Waals surface area contributed by atoms with Gasteiger partial charge in [-0.05, 0) is 35.6 Å². The van der Waals surface area contributed by atoms with Crippen molar-refractivity contribution in [3.8, 4) is 11.5 Å². The molecule has 2 atom stereocenters. The van der Waals surface area contributed by atoms with Crippen LogP contribution >= 0.6 is 11.6 Å². The van der Waals surface area contributed by atoms with Gasteiger partial charge in [0.1, 0.15) is 11.6 Å². The van der Waals surface area contributed by atoms with Crippen LogP contribution in [0.15, 0.2) is 23.5 Å². The van der Waals surface area contributed by atoms with E-state index in [-0.39, 0.29) is 29.2 Å². The zero-order valence-electron chi connectivity index (χ0n) is 15.8. The van der Waals surface area contributed by atoms with Crippen molar-refractivity contribution in [1.82, 2.24) is 4.90 Å². The maximum Gasteiger partial charge on any atom is 0.238 e. The van der Waals surface area contributed by atoms with E-state index < -0.39 is 6.04 Å². The second-order valence-electron chi connectivity index (χ2n) is 7.08. The molecule has 1 aromatic carbocycles. The number of rotatable bonds is 4. The summed E-state index contributed by atoms with van der Waals surface area (Å²) >= 11 is 5.82. The number of hydrogen-bond acceptors (Lipinski definition) is 5. The molecule has 0 radical (unpaired) electrons. The van der Waals surface area contributed by atoms with Gasteiger partial charge in [0.25, 0.3) is 0 Å². The Morgan fingerprint density at radius 2 is 1.93 bits per heavy atom. The molecule has 1 aliphatic carbocycles. The van der Waals surface area contributed by atoms with E-state index in [4.69, 9.17) is 21.1 Å². The van der Waals surface area contributed by atoms with Gasteiger partial charge in [-0.1, -0.05) is 6.92 Å².